The standard InChI is InChI=1S/C18H21N5O2S2/c1-18(2,27(25)15-5-3-13(11-19)4-6-15)14-7-9-23(10-8-14)17(24)21-16-12-20-22-26-16/h3-6,12,14H,7-10H2,1-2H3,(H,21,24). The first-order valence-electron chi connectivity index (χ1n) is 8.67. The van der Waals surface area contributed by atoms with Gasteiger partial charge >= 0.3 is 6.03 Å². The van der Waals surface area contributed by atoms with Gasteiger partial charge in [-0.3, -0.25) is 5.32 Å². The normalized spacial score (nSPS) is 16.6. The molecule has 1 saturated heterocycles. The second kappa shape index (κ2) is 8.25. The van der Waals surface area contributed by atoms with Crippen LogP contribution >= 0.6 is 11.5 Å². The minimum Gasteiger partial charge on any atom is -0.611 e. The van der Waals surface area contributed by atoms with Crippen molar-refractivity contribution in [3.05, 3.63) is 36.0 Å². The van der Waals surface area contributed by atoms with Gasteiger partial charge in [0.25, 0.3) is 0 Å². The molecule has 0 saturated carbocycles. The van der Waals surface area contributed by atoms with E-state index >= 15 is 0 Å². The van der Waals surface area contributed by atoms with Crippen molar-refractivity contribution in [2.75, 3.05) is 18.4 Å². The number of likely N-dealkylation sites (tertiary alicyclic amines) is 1. The third-order valence-corrected chi connectivity index (χ3v) is 7.60. The molecule has 1 atom stereocenters. The summed E-state index contributed by atoms with van der Waals surface area (Å²) < 4.78 is 16.4. The topological polar surface area (TPSA) is 105 Å². The molecule has 142 valence electrons. The largest absolute Gasteiger partial charge is 0.611 e. The zero-order valence-electron chi connectivity index (χ0n) is 15.2. The van der Waals surface area contributed by atoms with E-state index in [1.807, 2.05) is 13.8 Å². The molecule has 0 bridgehead atoms. The first-order valence-corrected chi connectivity index (χ1v) is 10.6. The molecule has 0 spiro atoms. The summed E-state index contributed by atoms with van der Waals surface area (Å²) in [5.74, 6) is 0.239. The average molecular weight is 404 g/mol. The molecule has 1 fully saturated rings. The molecule has 2 heterocycles. The van der Waals surface area contributed by atoms with Crippen molar-refractivity contribution in [3.63, 3.8) is 0 Å². The molecule has 0 radical (unpaired) electrons. The van der Waals surface area contributed by atoms with Gasteiger partial charge in [0.15, 0.2) is 4.90 Å². The van der Waals surface area contributed by atoms with E-state index in [9.17, 15) is 9.35 Å². The zero-order valence-corrected chi connectivity index (χ0v) is 16.8. The number of nitriles is 1. The van der Waals surface area contributed by atoms with Crippen molar-refractivity contribution in [1.29, 1.82) is 5.26 Å². The molecular weight excluding hydrogens is 382 g/mol. The van der Waals surface area contributed by atoms with Crippen molar-refractivity contribution >= 4 is 33.7 Å². The number of aromatic nitrogens is 2. The van der Waals surface area contributed by atoms with Crippen LogP contribution < -0.4 is 5.32 Å². The highest BCUT2D eigenvalue weighted by molar-refractivity contribution is 7.92. The fourth-order valence-electron chi connectivity index (χ4n) is 3.29. The van der Waals surface area contributed by atoms with E-state index in [0.717, 1.165) is 29.3 Å². The van der Waals surface area contributed by atoms with E-state index < -0.39 is 15.9 Å². The second-order valence-corrected chi connectivity index (χ2v) is 9.83. The summed E-state index contributed by atoms with van der Waals surface area (Å²) in [7, 11) is 0. The lowest BCUT2D eigenvalue weighted by Gasteiger charge is -2.40. The lowest BCUT2D eigenvalue weighted by Crippen LogP contribution is -2.48. The Morgan fingerprint density at radius 3 is 2.59 bits per heavy atom. The van der Waals surface area contributed by atoms with Crippen LogP contribution in [0, 0.1) is 17.2 Å². The maximum Gasteiger partial charge on any atom is 0.322 e. The molecule has 27 heavy (non-hydrogen) atoms. The first kappa shape index (κ1) is 19.6. The number of anilines is 1. The highest BCUT2D eigenvalue weighted by atomic mass is 32.2. The van der Waals surface area contributed by atoms with E-state index in [4.69, 9.17) is 5.26 Å². The maximum atomic E-state index is 13.1. The molecule has 1 unspecified atom stereocenters. The smallest absolute Gasteiger partial charge is 0.322 e. The number of carbonyl (C=O) groups excluding carboxylic acids is 1. The summed E-state index contributed by atoms with van der Waals surface area (Å²) in [5, 5.41) is 16.0. The fraction of sp³-hybridized carbons (Fsp3) is 0.444. The van der Waals surface area contributed by atoms with Crippen molar-refractivity contribution in [3.8, 4) is 6.07 Å². The third kappa shape index (κ3) is 4.40. The molecule has 9 heteroatoms. The van der Waals surface area contributed by atoms with Gasteiger partial charge in [-0.2, -0.15) is 5.26 Å². The number of amides is 2. The Kier molecular flexibility index (Phi) is 5.99. The van der Waals surface area contributed by atoms with Crippen molar-refractivity contribution < 1.29 is 9.35 Å². The zero-order chi connectivity index (χ0) is 19.4. The summed E-state index contributed by atoms with van der Waals surface area (Å²) >= 11 is -0.0488. The number of rotatable bonds is 4. The number of carbonyl (C=O) groups is 1. The van der Waals surface area contributed by atoms with Crippen molar-refractivity contribution in [2.45, 2.75) is 36.3 Å². The number of nitrogens with zero attached hydrogens (tertiary/aromatic N) is 4. The van der Waals surface area contributed by atoms with Gasteiger partial charge in [-0.15, -0.1) is 5.10 Å². The van der Waals surface area contributed by atoms with Crippen molar-refractivity contribution in [1.82, 2.24) is 14.5 Å². The van der Waals surface area contributed by atoms with Crippen LogP contribution in [0.25, 0.3) is 0 Å². The van der Waals surface area contributed by atoms with Gasteiger partial charge in [-0.05, 0) is 62.1 Å². The molecule has 1 N–H and O–H groups in total. The van der Waals surface area contributed by atoms with Gasteiger partial charge in [-0.1, -0.05) is 4.49 Å². The Bertz CT molecular complexity index is 809. The number of hydrogen-bond donors (Lipinski definition) is 1. The third-order valence-electron chi connectivity index (χ3n) is 5.03. The summed E-state index contributed by atoms with van der Waals surface area (Å²) in [6.07, 6.45) is 3.12. The Morgan fingerprint density at radius 2 is 2.04 bits per heavy atom. The van der Waals surface area contributed by atoms with E-state index in [0.29, 0.717) is 23.7 Å². The number of benzene rings is 1. The molecule has 1 aliphatic rings. The number of piperidine rings is 1. The second-order valence-electron chi connectivity index (χ2n) is 6.98. The molecule has 2 amide bonds. The van der Waals surface area contributed by atoms with Gasteiger partial charge in [0, 0.05) is 30.5 Å². The fourth-order valence-corrected chi connectivity index (χ4v) is 5.23. The van der Waals surface area contributed by atoms with Crippen LogP contribution in [0.1, 0.15) is 32.3 Å². The minimum absolute atomic E-state index is 0.148. The van der Waals surface area contributed by atoms with Crippen LogP contribution in [0.2, 0.25) is 0 Å². The predicted molar refractivity (Wildman–Crippen MR) is 105 cm³/mol. The molecule has 1 aromatic heterocycles. The number of hydrogen-bond acceptors (Lipinski definition) is 6. The molecule has 1 aliphatic heterocycles. The summed E-state index contributed by atoms with van der Waals surface area (Å²) in [6.45, 7) is 5.28. The van der Waals surface area contributed by atoms with Crippen molar-refractivity contribution in [2.24, 2.45) is 5.92 Å². The van der Waals surface area contributed by atoms with E-state index in [1.165, 1.54) is 6.20 Å². The van der Waals surface area contributed by atoms with E-state index in [2.05, 4.69) is 21.0 Å². The Hall–Kier alpha value is -2.15. The minimum atomic E-state index is -1.19. The lowest BCUT2D eigenvalue weighted by atomic mass is 9.86. The monoisotopic (exact) mass is 403 g/mol. The summed E-state index contributed by atoms with van der Waals surface area (Å²) in [4.78, 5) is 14.8. The van der Waals surface area contributed by atoms with Gasteiger partial charge < -0.3 is 9.45 Å². The highest BCUT2D eigenvalue weighted by Gasteiger charge is 2.43. The Balaban J connectivity index is 1.59. The van der Waals surface area contributed by atoms with Crippen LogP contribution in [-0.4, -0.2) is 42.9 Å². The van der Waals surface area contributed by atoms with E-state index in [-0.39, 0.29) is 11.9 Å². The molecular formula is C18H21N5O2S2. The molecule has 0 aliphatic carbocycles. The first-order chi connectivity index (χ1) is 12.9. The SMILES string of the molecule is CC(C)(C1CCN(C(=O)Nc2cnns2)CC1)[S+]([O-])c1ccc(C#N)cc1. The van der Waals surface area contributed by atoms with Gasteiger partial charge in [-0.25, -0.2) is 4.79 Å². The number of nitrogens with one attached hydrogen (secondary N) is 1. The predicted octanol–water partition coefficient (Wildman–Crippen LogP) is 3.24. The lowest BCUT2D eigenvalue weighted by molar-refractivity contribution is 0.171. The van der Waals surface area contributed by atoms with E-state index in [1.54, 1.807) is 29.2 Å². The van der Waals surface area contributed by atoms with Crippen LogP contribution in [0.4, 0.5) is 9.80 Å². The van der Waals surface area contributed by atoms with Gasteiger partial charge in [0.2, 0.25) is 0 Å². The highest BCUT2D eigenvalue weighted by Crippen LogP contribution is 2.38. The van der Waals surface area contributed by atoms with Gasteiger partial charge in [0.05, 0.1) is 17.8 Å². The summed E-state index contributed by atoms with van der Waals surface area (Å²) in [6, 6.07) is 8.86. The van der Waals surface area contributed by atoms with Crippen LogP contribution in [0.3, 0.4) is 0 Å². The molecule has 2 aromatic rings. The van der Waals surface area contributed by atoms with Crippen LogP contribution in [0.5, 0.6) is 0 Å². The quantitative estimate of drug-likeness (QED) is 0.789. The molecule has 7 nitrogen and oxygen atoms in total. The average Bonchev–Trinajstić information content (AvgIpc) is 3.20. The molecule has 3 rings (SSSR count). The van der Waals surface area contributed by atoms with Crippen LogP contribution in [-0.2, 0) is 11.2 Å². The number of urea groups is 1. The summed E-state index contributed by atoms with van der Waals surface area (Å²) in [5.41, 5.74) is 0.559. The Morgan fingerprint density at radius 1 is 1.37 bits per heavy atom. The van der Waals surface area contributed by atoms with Gasteiger partial charge in [0.1, 0.15) is 9.75 Å². The maximum absolute atomic E-state index is 13.1. The van der Waals surface area contributed by atoms with Crippen LogP contribution in [0.15, 0.2) is 35.4 Å². The molecule has 1 aromatic carbocycles. The Labute approximate surface area is 165 Å².